The van der Waals surface area contributed by atoms with Crippen LogP contribution in [0, 0.1) is 0 Å². The van der Waals surface area contributed by atoms with E-state index >= 15 is 0 Å². The molecular weight excluding hydrogens is 206 g/mol. The molecule has 0 fully saturated rings. The second-order valence-electron chi connectivity index (χ2n) is 2.70. The van der Waals surface area contributed by atoms with Gasteiger partial charge in [0, 0.05) is 7.05 Å². The minimum Gasteiger partial charge on any atom is -0.368 e. The first-order valence-corrected chi connectivity index (χ1v) is 4.12. The van der Waals surface area contributed by atoms with Gasteiger partial charge >= 0.3 is 0 Å². The van der Waals surface area contributed by atoms with Crippen LogP contribution in [-0.2, 0) is 7.05 Å². The van der Waals surface area contributed by atoms with Crippen molar-refractivity contribution in [2.45, 2.75) is 0 Å². The Morgan fingerprint density at radius 2 is 2.21 bits per heavy atom. The van der Waals surface area contributed by atoms with Gasteiger partial charge in [-0.1, -0.05) is 11.6 Å². The largest absolute Gasteiger partial charge is 0.368 e. The van der Waals surface area contributed by atoms with Crippen LogP contribution in [0.5, 0.6) is 0 Å². The second-order valence-corrected chi connectivity index (χ2v) is 3.06. The summed E-state index contributed by atoms with van der Waals surface area (Å²) in [7, 11) is 1.56. The van der Waals surface area contributed by atoms with E-state index in [1.165, 1.54) is 4.57 Å². The van der Waals surface area contributed by atoms with Crippen LogP contribution in [0.2, 0.25) is 5.15 Å². The number of rotatable bonds is 0. The SMILES string of the molecule is Cn1c(=O)cnc2c(Cl)nc(N)nc21. The Kier molecular flexibility index (Phi) is 1.85. The van der Waals surface area contributed by atoms with Crippen LogP contribution < -0.4 is 11.3 Å². The molecule has 0 saturated carbocycles. The lowest BCUT2D eigenvalue weighted by Gasteiger charge is -2.03. The van der Waals surface area contributed by atoms with Gasteiger partial charge in [0.15, 0.2) is 10.8 Å². The summed E-state index contributed by atoms with van der Waals surface area (Å²) in [6, 6.07) is 0. The highest BCUT2D eigenvalue weighted by Gasteiger charge is 2.08. The molecule has 2 rings (SSSR count). The molecular formula is C7H6ClN5O. The van der Waals surface area contributed by atoms with Crippen LogP contribution in [0.4, 0.5) is 5.95 Å². The summed E-state index contributed by atoms with van der Waals surface area (Å²) in [5, 5.41) is 0.142. The standard InChI is InChI=1S/C7H6ClN5O/c1-13-3(14)2-10-4-5(8)11-7(9)12-6(4)13/h2H,1H3,(H2,9,11,12). The fraction of sp³-hybridized carbons (Fsp3) is 0.143. The smallest absolute Gasteiger partial charge is 0.270 e. The molecule has 2 aromatic heterocycles. The zero-order valence-electron chi connectivity index (χ0n) is 7.23. The fourth-order valence-electron chi connectivity index (χ4n) is 1.09. The maximum absolute atomic E-state index is 11.2. The van der Waals surface area contributed by atoms with Gasteiger partial charge in [-0.25, -0.2) is 4.98 Å². The minimum absolute atomic E-state index is 0.0190. The molecule has 0 aliphatic heterocycles. The molecule has 0 radical (unpaired) electrons. The van der Waals surface area contributed by atoms with Gasteiger partial charge < -0.3 is 5.73 Å². The summed E-state index contributed by atoms with van der Waals surface area (Å²) in [5.74, 6) is 0.0190. The first kappa shape index (κ1) is 8.89. The Bertz CT molecular complexity index is 564. The van der Waals surface area contributed by atoms with Crippen molar-refractivity contribution in [3.63, 3.8) is 0 Å². The van der Waals surface area contributed by atoms with E-state index in [0.29, 0.717) is 11.2 Å². The molecule has 14 heavy (non-hydrogen) atoms. The molecule has 0 aliphatic carbocycles. The lowest BCUT2D eigenvalue weighted by atomic mass is 10.5. The number of nitrogens with two attached hydrogens (primary N) is 1. The highest BCUT2D eigenvalue weighted by atomic mass is 35.5. The molecule has 0 atom stereocenters. The highest BCUT2D eigenvalue weighted by Crippen LogP contribution is 2.16. The fourth-order valence-corrected chi connectivity index (χ4v) is 1.31. The summed E-state index contributed by atoms with van der Waals surface area (Å²) >= 11 is 5.78. The van der Waals surface area contributed by atoms with E-state index in [4.69, 9.17) is 17.3 Å². The Morgan fingerprint density at radius 3 is 2.93 bits per heavy atom. The van der Waals surface area contributed by atoms with Crippen LogP contribution in [-0.4, -0.2) is 19.5 Å². The van der Waals surface area contributed by atoms with Crippen LogP contribution >= 0.6 is 11.6 Å². The summed E-state index contributed by atoms with van der Waals surface area (Å²) in [4.78, 5) is 22.7. The van der Waals surface area contributed by atoms with Crippen molar-refractivity contribution in [2.75, 3.05) is 5.73 Å². The van der Waals surface area contributed by atoms with E-state index in [-0.39, 0.29) is 16.7 Å². The van der Waals surface area contributed by atoms with Crippen molar-refractivity contribution < 1.29 is 0 Å². The zero-order chi connectivity index (χ0) is 10.3. The Labute approximate surface area is 83.4 Å². The number of nitrogens with zero attached hydrogens (tertiary/aromatic N) is 4. The van der Waals surface area contributed by atoms with Gasteiger partial charge in [0.05, 0.1) is 6.20 Å². The molecule has 6 nitrogen and oxygen atoms in total. The van der Waals surface area contributed by atoms with Crippen LogP contribution in [0.1, 0.15) is 0 Å². The zero-order valence-corrected chi connectivity index (χ0v) is 7.99. The van der Waals surface area contributed by atoms with Crippen molar-refractivity contribution in [3.8, 4) is 0 Å². The number of halogens is 1. The van der Waals surface area contributed by atoms with E-state index in [9.17, 15) is 4.79 Å². The third-order valence-electron chi connectivity index (χ3n) is 1.79. The Balaban J connectivity index is 3.02. The monoisotopic (exact) mass is 211 g/mol. The Hall–Kier alpha value is -1.69. The van der Waals surface area contributed by atoms with Crippen molar-refractivity contribution in [1.29, 1.82) is 0 Å². The number of hydrogen-bond donors (Lipinski definition) is 1. The number of aromatic nitrogens is 4. The molecule has 2 heterocycles. The average Bonchev–Trinajstić information content (AvgIpc) is 2.12. The van der Waals surface area contributed by atoms with Gasteiger partial charge in [-0.3, -0.25) is 9.36 Å². The van der Waals surface area contributed by atoms with E-state index in [1.807, 2.05) is 0 Å². The Morgan fingerprint density at radius 1 is 1.50 bits per heavy atom. The van der Waals surface area contributed by atoms with Crippen LogP contribution in [0.25, 0.3) is 11.2 Å². The summed E-state index contributed by atoms with van der Waals surface area (Å²) < 4.78 is 1.31. The topological polar surface area (TPSA) is 86.7 Å². The molecule has 0 aliphatic rings. The number of fused-ring (bicyclic) bond motifs is 1. The van der Waals surface area contributed by atoms with E-state index in [0.717, 1.165) is 6.20 Å². The van der Waals surface area contributed by atoms with E-state index < -0.39 is 0 Å². The summed E-state index contributed by atoms with van der Waals surface area (Å²) in [5.41, 5.74) is 5.81. The molecule has 0 aromatic carbocycles. The van der Waals surface area contributed by atoms with Gasteiger partial charge in [0.25, 0.3) is 5.56 Å². The first-order chi connectivity index (χ1) is 6.59. The molecule has 7 heteroatoms. The van der Waals surface area contributed by atoms with Crippen molar-refractivity contribution in [1.82, 2.24) is 19.5 Å². The third-order valence-corrected chi connectivity index (χ3v) is 2.06. The van der Waals surface area contributed by atoms with Crippen molar-refractivity contribution in [2.24, 2.45) is 7.05 Å². The molecule has 0 bridgehead atoms. The second kappa shape index (κ2) is 2.91. The maximum atomic E-state index is 11.2. The predicted octanol–water partition coefficient (Wildman–Crippen LogP) is -0.0409. The number of aryl methyl sites for hydroxylation is 1. The van der Waals surface area contributed by atoms with Crippen molar-refractivity contribution >= 4 is 28.7 Å². The quantitative estimate of drug-likeness (QED) is 0.618. The third kappa shape index (κ3) is 1.20. The van der Waals surface area contributed by atoms with Gasteiger partial charge in [-0.2, -0.15) is 9.97 Å². The highest BCUT2D eigenvalue weighted by molar-refractivity contribution is 6.33. The van der Waals surface area contributed by atoms with Crippen molar-refractivity contribution in [3.05, 3.63) is 21.7 Å². The average molecular weight is 212 g/mol. The molecule has 0 unspecified atom stereocenters. The summed E-state index contributed by atoms with van der Waals surface area (Å²) in [6.07, 6.45) is 1.16. The molecule has 2 aromatic rings. The lowest BCUT2D eigenvalue weighted by molar-refractivity contribution is 0.870. The predicted molar refractivity (Wildman–Crippen MR) is 52.0 cm³/mol. The van der Waals surface area contributed by atoms with E-state index in [1.54, 1.807) is 7.05 Å². The molecule has 2 N–H and O–H groups in total. The maximum Gasteiger partial charge on any atom is 0.270 e. The van der Waals surface area contributed by atoms with E-state index in [2.05, 4.69) is 15.0 Å². The molecule has 0 amide bonds. The molecule has 0 saturated heterocycles. The van der Waals surface area contributed by atoms with Crippen LogP contribution in [0.15, 0.2) is 11.0 Å². The number of anilines is 1. The lowest BCUT2D eigenvalue weighted by Crippen LogP contribution is -2.18. The molecule has 72 valence electrons. The molecule has 0 spiro atoms. The van der Waals surface area contributed by atoms with Gasteiger partial charge in [0.1, 0.15) is 5.52 Å². The van der Waals surface area contributed by atoms with Gasteiger partial charge in [-0.05, 0) is 0 Å². The first-order valence-electron chi connectivity index (χ1n) is 3.74. The van der Waals surface area contributed by atoms with Crippen LogP contribution in [0.3, 0.4) is 0 Å². The normalized spacial score (nSPS) is 10.7. The van der Waals surface area contributed by atoms with Gasteiger partial charge in [0.2, 0.25) is 5.95 Å². The summed E-state index contributed by atoms with van der Waals surface area (Å²) in [6.45, 7) is 0. The minimum atomic E-state index is -0.272. The number of hydrogen-bond acceptors (Lipinski definition) is 5. The van der Waals surface area contributed by atoms with Gasteiger partial charge in [-0.15, -0.1) is 0 Å². The number of nitrogen functional groups attached to an aromatic ring is 1.